The maximum Gasteiger partial charge on any atom is 0.338 e. The van der Waals surface area contributed by atoms with Crippen LogP contribution < -0.4 is 5.32 Å². The van der Waals surface area contributed by atoms with Crippen molar-refractivity contribution in [2.24, 2.45) is 5.92 Å². The summed E-state index contributed by atoms with van der Waals surface area (Å²) in [5.41, 5.74) is 3.61. The highest BCUT2D eigenvalue weighted by molar-refractivity contribution is 7.99. The molecule has 0 saturated carbocycles. The molecule has 0 radical (unpaired) electrons. The minimum atomic E-state index is -1.04. The molecular formula is C31H29N3O6S. The second kappa shape index (κ2) is 13.0. The largest absolute Gasteiger partial charge is 0.478 e. The Hall–Kier alpha value is -4.09. The highest BCUT2D eigenvalue weighted by Gasteiger charge is 2.38. The topological polar surface area (TPSA) is 131 Å². The fourth-order valence-electron chi connectivity index (χ4n) is 4.60. The van der Waals surface area contributed by atoms with Crippen LogP contribution in [0.2, 0.25) is 0 Å². The fourth-order valence-corrected chi connectivity index (χ4v) is 5.75. The van der Waals surface area contributed by atoms with Crippen LogP contribution in [0.25, 0.3) is 0 Å². The van der Waals surface area contributed by atoms with Crippen LogP contribution in [0.4, 0.5) is 5.69 Å². The van der Waals surface area contributed by atoms with E-state index in [0.29, 0.717) is 22.0 Å². The summed E-state index contributed by atoms with van der Waals surface area (Å²) in [5, 5.41) is 22.4. The molecule has 9 nitrogen and oxygen atoms in total. The molecule has 3 heterocycles. The van der Waals surface area contributed by atoms with Gasteiger partial charge in [-0.1, -0.05) is 43.3 Å². The van der Waals surface area contributed by atoms with Crippen LogP contribution in [0, 0.1) is 5.92 Å². The summed E-state index contributed by atoms with van der Waals surface area (Å²) in [4.78, 5) is 32.7. The van der Waals surface area contributed by atoms with E-state index in [-0.39, 0.29) is 36.2 Å². The third-order valence-electron chi connectivity index (χ3n) is 6.85. The molecule has 2 aromatic heterocycles. The number of carboxylic acid groups (broad SMARTS) is 1. The molecule has 5 rings (SSSR count). The smallest absolute Gasteiger partial charge is 0.338 e. The first-order valence-corrected chi connectivity index (χ1v) is 14.0. The highest BCUT2D eigenvalue weighted by Crippen LogP contribution is 2.43. The second-order valence-corrected chi connectivity index (χ2v) is 10.6. The zero-order chi connectivity index (χ0) is 28.8. The third kappa shape index (κ3) is 6.80. The molecule has 0 aliphatic carbocycles. The number of ether oxygens (including phenoxy) is 2. The Morgan fingerprint density at radius 2 is 1.78 bits per heavy atom. The van der Waals surface area contributed by atoms with Crippen molar-refractivity contribution in [2.45, 2.75) is 37.1 Å². The standard InChI is InChI=1S/C31H29N3O6S/c1-19-26(18-41-29-25(30(37)38)8-4-14-33-29)39-31(40-27(19)21-11-9-20(17-35)10-12-21)22-5-2-7-24(15-22)34-28(36)23-6-3-13-32-16-23/h2-16,19,26-27,31,35H,17-18H2,1H3,(H,34,36)(H,37,38)/t19-,26+,27+,31+/m0/s1. The maximum absolute atomic E-state index is 12.7. The van der Waals surface area contributed by atoms with E-state index < -0.39 is 12.3 Å². The molecule has 1 fully saturated rings. The quantitative estimate of drug-likeness (QED) is 0.223. The van der Waals surface area contributed by atoms with E-state index >= 15 is 0 Å². The van der Waals surface area contributed by atoms with Gasteiger partial charge in [-0.2, -0.15) is 0 Å². The van der Waals surface area contributed by atoms with Gasteiger partial charge >= 0.3 is 5.97 Å². The van der Waals surface area contributed by atoms with Crippen LogP contribution in [0.1, 0.15) is 56.7 Å². The Morgan fingerprint density at radius 1 is 0.976 bits per heavy atom. The van der Waals surface area contributed by atoms with Crippen molar-refractivity contribution in [3.05, 3.63) is 119 Å². The zero-order valence-corrected chi connectivity index (χ0v) is 23.0. The summed E-state index contributed by atoms with van der Waals surface area (Å²) in [6, 6.07) is 21.4. The second-order valence-electron chi connectivity index (χ2n) is 9.62. The van der Waals surface area contributed by atoms with E-state index in [1.54, 1.807) is 36.7 Å². The number of thioether (sulfide) groups is 1. The van der Waals surface area contributed by atoms with E-state index in [9.17, 15) is 19.8 Å². The molecule has 0 spiro atoms. The number of benzene rings is 2. The fraction of sp³-hybridized carbons (Fsp3) is 0.226. The molecule has 0 unspecified atom stereocenters. The molecule has 41 heavy (non-hydrogen) atoms. The zero-order valence-electron chi connectivity index (χ0n) is 22.2. The molecule has 4 aromatic rings. The van der Waals surface area contributed by atoms with Crippen molar-refractivity contribution < 1.29 is 29.3 Å². The van der Waals surface area contributed by atoms with E-state index in [4.69, 9.17) is 9.47 Å². The monoisotopic (exact) mass is 571 g/mol. The predicted octanol–water partition coefficient (Wildman–Crippen LogP) is 5.50. The van der Waals surface area contributed by atoms with Gasteiger partial charge in [0.15, 0.2) is 6.29 Å². The van der Waals surface area contributed by atoms with E-state index in [0.717, 1.165) is 16.7 Å². The minimum absolute atomic E-state index is 0.0557. The van der Waals surface area contributed by atoms with Gasteiger partial charge in [-0.15, -0.1) is 11.8 Å². The van der Waals surface area contributed by atoms with Crippen molar-refractivity contribution in [2.75, 3.05) is 11.1 Å². The summed E-state index contributed by atoms with van der Waals surface area (Å²) in [5.74, 6) is -0.966. The Kier molecular flexibility index (Phi) is 9.05. The molecular weight excluding hydrogens is 542 g/mol. The number of carbonyl (C=O) groups is 2. The van der Waals surface area contributed by atoms with Crippen LogP contribution in [0.3, 0.4) is 0 Å². The van der Waals surface area contributed by atoms with Gasteiger partial charge in [0, 0.05) is 41.5 Å². The Balaban J connectivity index is 1.40. The molecule has 3 N–H and O–H groups in total. The van der Waals surface area contributed by atoms with Gasteiger partial charge in [-0.25, -0.2) is 9.78 Å². The lowest BCUT2D eigenvalue weighted by molar-refractivity contribution is -0.268. The van der Waals surface area contributed by atoms with Gasteiger partial charge in [0.25, 0.3) is 5.91 Å². The average Bonchev–Trinajstić information content (AvgIpc) is 3.01. The number of aliphatic hydroxyl groups excluding tert-OH is 1. The molecule has 10 heteroatoms. The predicted molar refractivity (Wildman–Crippen MR) is 154 cm³/mol. The minimum Gasteiger partial charge on any atom is -0.478 e. The van der Waals surface area contributed by atoms with Crippen LogP contribution in [0.15, 0.2) is 96.4 Å². The SMILES string of the molecule is C[C@H]1[C@@H](CSc2ncccc2C(=O)O)O[C@@H](c2cccc(NC(=O)c3cccnc3)c2)O[C@H]1c1ccc(CO)cc1. The molecule has 0 bridgehead atoms. The van der Waals surface area contributed by atoms with Crippen molar-refractivity contribution in [1.82, 2.24) is 9.97 Å². The molecule has 1 aliphatic rings. The van der Waals surface area contributed by atoms with Gasteiger partial charge in [0.05, 0.1) is 29.9 Å². The number of hydrogen-bond donors (Lipinski definition) is 3. The van der Waals surface area contributed by atoms with E-state index in [2.05, 4.69) is 15.3 Å². The number of hydrogen-bond acceptors (Lipinski definition) is 8. The molecule has 1 aliphatic heterocycles. The van der Waals surface area contributed by atoms with Crippen molar-refractivity contribution in [3.63, 3.8) is 0 Å². The number of rotatable bonds is 9. The van der Waals surface area contributed by atoms with Gasteiger partial charge in [-0.05, 0) is 47.5 Å². The Labute approximate surface area is 241 Å². The summed E-state index contributed by atoms with van der Waals surface area (Å²) in [7, 11) is 0. The van der Waals surface area contributed by atoms with Crippen LogP contribution in [-0.4, -0.2) is 43.9 Å². The van der Waals surface area contributed by atoms with Crippen molar-refractivity contribution in [1.29, 1.82) is 0 Å². The number of pyridine rings is 2. The highest BCUT2D eigenvalue weighted by atomic mass is 32.2. The number of nitrogens with one attached hydrogen (secondary N) is 1. The lowest BCUT2D eigenvalue weighted by Crippen LogP contribution is -2.38. The van der Waals surface area contributed by atoms with Crippen molar-refractivity contribution >= 4 is 29.3 Å². The van der Waals surface area contributed by atoms with E-state index in [1.807, 2.05) is 49.4 Å². The van der Waals surface area contributed by atoms with Crippen LogP contribution in [0.5, 0.6) is 0 Å². The lowest BCUT2D eigenvalue weighted by atomic mass is 9.91. The molecule has 2 aromatic carbocycles. The van der Waals surface area contributed by atoms with Crippen LogP contribution >= 0.6 is 11.8 Å². The van der Waals surface area contributed by atoms with Gasteiger partial charge in [-0.3, -0.25) is 9.78 Å². The number of carboxylic acids is 1. The third-order valence-corrected chi connectivity index (χ3v) is 7.94. The van der Waals surface area contributed by atoms with Crippen molar-refractivity contribution in [3.8, 4) is 0 Å². The van der Waals surface area contributed by atoms with Gasteiger partial charge in [0.1, 0.15) is 5.03 Å². The maximum atomic E-state index is 12.7. The first kappa shape index (κ1) is 28.4. The van der Waals surface area contributed by atoms with E-state index in [1.165, 1.54) is 24.0 Å². The van der Waals surface area contributed by atoms with Crippen LogP contribution in [-0.2, 0) is 16.1 Å². The molecule has 1 saturated heterocycles. The number of aromatic nitrogens is 2. The molecule has 210 valence electrons. The number of anilines is 1. The first-order chi connectivity index (χ1) is 19.9. The molecule has 1 amide bonds. The normalized spacial score (nSPS) is 20.3. The number of aliphatic hydroxyl groups is 1. The number of aromatic carboxylic acids is 1. The summed E-state index contributed by atoms with van der Waals surface area (Å²) in [6.45, 7) is 1.98. The molecule has 4 atom stereocenters. The number of nitrogens with zero attached hydrogens (tertiary/aromatic N) is 2. The average molecular weight is 572 g/mol. The number of carbonyl (C=O) groups excluding carboxylic acids is 1. The number of amides is 1. The van der Waals surface area contributed by atoms with Gasteiger partial charge in [0.2, 0.25) is 0 Å². The summed E-state index contributed by atoms with van der Waals surface area (Å²) >= 11 is 1.33. The first-order valence-electron chi connectivity index (χ1n) is 13.1. The Bertz CT molecular complexity index is 1500. The Morgan fingerprint density at radius 3 is 2.51 bits per heavy atom. The summed E-state index contributed by atoms with van der Waals surface area (Å²) in [6.07, 6.45) is 3.26. The lowest BCUT2D eigenvalue weighted by Gasteiger charge is -2.41. The van der Waals surface area contributed by atoms with Gasteiger partial charge < -0.3 is 25.0 Å². The summed E-state index contributed by atoms with van der Waals surface area (Å²) < 4.78 is 13.0.